The second-order valence-electron chi connectivity index (χ2n) is 3.82. The SMILES string of the molecule is CC(=O)c1ccc(Oc2ccc(C#N)cc2)cc1. The first kappa shape index (κ1) is 11.9. The Morgan fingerprint density at radius 2 is 1.50 bits per heavy atom. The summed E-state index contributed by atoms with van der Waals surface area (Å²) in [6, 6.07) is 15.8. The van der Waals surface area contributed by atoms with Gasteiger partial charge in [0.15, 0.2) is 5.78 Å². The Kier molecular flexibility index (Phi) is 3.40. The third-order valence-corrected chi connectivity index (χ3v) is 2.48. The maximum absolute atomic E-state index is 11.1. The Morgan fingerprint density at radius 1 is 1.00 bits per heavy atom. The number of Topliss-reactive ketones (excluding diaryl/α,β-unsaturated/α-hetero) is 1. The van der Waals surface area contributed by atoms with Gasteiger partial charge in [0.25, 0.3) is 0 Å². The molecular weight excluding hydrogens is 226 g/mol. The van der Waals surface area contributed by atoms with E-state index in [-0.39, 0.29) is 5.78 Å². The fourth-order valence-corrected chi connectivity index (χ4v) is 1.49. The van der Waals surface area contributed by atoms with Crippen LogP contribution in [0.3, 0.4) is 0 Å². The van der Waals surface area contributed by atoms with Crippen molar-refractivity contribution in [1.82, 2.24) is 0 Å². The van der Waals surface area contributed by atoms with E-state index in [1.807, 2.05) is 6.07 Å². The highest BCUT2D eigenvalue weighted by atomic mass is 16.5. The number of ketones is 1. The van der Waals surface area contributed by atoms with E-state index in [0.717, 1.165) is 0 Å². The van der Waals surface area contributed by atoms with Crippen molar-refractivity contribution < 1.29 is 9.53 Å². The van der Waals surface area contributed by atoms with Crippen LogP contribution in [0.15, 0.2) is 48.5 Å². The molecule has 0 unspecified atom stereocenters. The largest absolute Gasteiger partial charge is 0.457 e. The van der Waals surface area contributed by atoms with Gasteiger partial charge in [0.1, 0.15) is 11.5 Å². The lowest BCUT2D eigenvalue weighted by molar-refractivity contribution is 0.101. The van der Waals surface area contributed by atoms with E-state index in [1.54, 1.807) is 48.5 Å². The molecule has 0 aliphatic carbocycles. The van der Waals surface area contributed by atoms with Crippen LogP contribution in [-0.2, 0) is 0 Å². The summed E-state index contributed by atoms with van der Waals surface area (Å²) in [7, 11) is 0. The van der Waals surface area contributed by atoms with Gasteiger partial charge in [-0.05, 0) is 55.5 Å². The van der Waals surface area contributed by atoms with Crippen LogP contribution in [0.5, 0.6) is 11.5 Å². The Balaban J connectivity index is 2.13. The molecule has 0 N–H and O–H groups in total. The third kappa shape index (κ3) is 2.74. The maximum atomic E-state index is 11.1. The lowest BCUT2D eigenvalue weighted by Crippen LogP contribution is -1.91. The molecule has 0 spiro atoms. The molecular formula is C15H11NO2. The number of nitrogens with zero attached hydrogens (tertiary/aromatic N) is 1. The predicted molar refractivity (Wildman–Crippen MR) is 67.7 cm³/mol. The number of rotatable bonds is 3. The Hall–Kier alpha value is -2.60. The van der Waals surface area contributed by atoms with Crippen molar-refractivity contribution in [1.29, 1.82) is 5.26 Å². The van der Waals surface area contributed by atoms with Gasteiger partial charge in [-0.2, -0.15) is 5.26 Å². The third-order valence-electron chi connectivity index (χ3n) is 2.48. The first-order valence-electron chi connectivity index (χ1n) is 5.48. The van der Waals surface area contributed by atoms with Crippen molar-refractivity contribution in [2.24, 2.45) is 0 Å². The van der Waals surface area contributed by atoms with Crippen molar-refractivity contribution in [3.05, 3.63) is 59.7 Å². The fraction of sp³-hybridized carbons (Fsp3) is 0.0667. The normalized spacial score (nSPS) is 9.56. The number of nitriles is 1. The van der Waals surface area contributed by atoms with Crippen LogP contribution in [0.1, 0.15) is 22.8 Å². The quantitative estimate of drug-likeness (QED) is 0.767. The van der Waals surface area contributed by atoms with Crippen LogP contribution in [0.2, 0.25) is 0 Å². The zero-order chi connectivity index (χ0) is 13.0. The molecule has 2 aromatic carbocycles. The van der Waals surface area contributed by atoms with Gasteiger partial charge in [-0.3, -0.25) is 4.79 Å². The zero-order valence-electron chi connectivity index (χ0n) is 9.88. The van der Waals surface area contributed by atoms with Crippen LogP contribution < -0.4 is 4.74 Å². The predicted octanol–water partition coefficient (Wildman–Crippen LogP) is 3.55. The minimum Gasteiger partial charge on any atom is -0.457 e. The summed E-state index contributed by atoms with van der Waals surface area (Å²) < 4.78 is 5.59. The monoisotopic (exact) mass is 237 g/mol. The molecule has 0 atom stereocenters. The summed E-state index contributed by atoms with van der Waals surface area (Å²) in [6.45, 7) is 1.52. The lowest BCUT2D eigenvalue weighted by atomic mass is 10.1. The molecule has 0 aliphatic rings. The minimum atomic E-state index is 0.0277. The van der Waals surface area contributed by atoms with Gasteiger partial charge in [-0.1, -0.05) is 0 Å². The van der Waals surface area contributed by atoms with Crippen LogP contribution in [0, 0.1) is 11.3 Å². The van der Waals surface area contributed by atoms with Crippen molar-refractivity contribution in [3.63, 3.8) is 0 Å². The van der Waals surface area contributed by atoms with Gasteiger partial charge in [0.05, 0.1) is 11.6 Å². The first-order chi connectivity index (χ1) is 8.69. The molecule has 2 aromatic rings. The second-order valence-corrected chi connectivity index (χ2v) is 3.82. The molecule has 0 fully saturated rings. The van der Waals surface area contributed by atoms with Crippen LogP contribution in [-0.4, -0.2) is 5.78 Å². The van der Waals surface area contributed by atoms with Gasteiger partial charge >= 0.3 is 0 Å². The van der Waals surface area contributed by atoms with Gasteiger partial charge in [-0.25, -0.2) is 0 Å². The van der Waals surface area contributed by atoms with Crippen molar-refractivity contribution in [2.45, 2.75) is 6.92 Å². The van der Waals surface area contributed by atoms with Gasteiger partial charge in [-0.15, -0.1) is 0 Å². The standard InChI is InChI=1S/C15H11NO2/c1-11(17)13-4-8-15(9-5-13)18-14-6-2-12(10-16)3-7-14/h2-9H,1H3. The number of benzene rings is 2. The van der Waals surface area contributed by atoms with Crippen LogP contribution >= 0.6 is 0 Å². The van der Waals surface area contributed by atoms with E-state index in [2.05, 4.69) is 0 Å². The molecule has 0 aromatic heterocycles. The van der Waals surface area contributed by atoms with E-state index in [4.69, 9.17) is 10.00 Å². The first-order valence-corrected chi connectivity index (χ1v) is 5.48. The fourth-order valence-electron chi connectivity index (χ4n) is 1.49. The molecule has 2 rings (SSSR count). The van der Waals surface area contributed by atoms with Crippen LogP contribution in [0.4, 0.5) is 0 Å². The highest BCUT2D eigenvalue weighted by molar-refractivity contribution is 5.94. The Labute approximate surface area is 105 Å². The number of carbonyl (C=O) groups is 1. The number of ether oxygens (including phenoxy) is 1. The summed E-state index contributed by atoms with van der Waals surface area (Å²) in [4.78, 5) is 11.1. The Bertz CT molecular complexity index is 592. The summed E-state index contributed by atoms with van der Waals surface area (Å²) in [5, 5.41) is 8.68. The lowest BCUT2D eigenvalue weighted by Gasteiger charge is -2.05. The molecule has 0 bridgehead atoms. The van der Waals surface area contributed by atoms with Gasteiger partial charge in [0.2, 0.25) is 0 Å². The summed E-state index contributed by atoms with van der Waals surface area (Å²) in [5.41, 5.74) is 1.25. The molecule has 18 heavy (non-hydrogen) atoms. The molecule has 3 nitrogen and oxygen atoms in total. The molecule has 0 amide bonds. The molecule has 0 aliphatic heterocycles. The molecule has 0 heterocycles. The minimum absolute atomic E-state index is 0.0277. The zero-order valence-corrected chi connectivity index (χ0v) is 9.88. The van der Waals surface area contributed by atoms with Crippen LogP contribution in [0.25, 0.3) is 0 Å². The van der Waals surface area contributed by atoms with E-state index in [9.17, 15) is 4.79 Å². The van der Waals surface area contributed by atoms with Gasteiger partial charge < -0.3 is 4.74 Å². The maximum Gasteiger partial charge on any atom is 0.159 e. The molecule has 88 valence electrons. The van der Waals surface area contributed by atoms with Crippen molar-refractivity contribution in [2.75, 3.05) is 0 Å². The summed E-state index contributed by atoms with van der Waals surface area (Å²) in [6.07, 6.45) is 0. The van der Waals surface area contributed by atoms with Crippen molar-refractivity contribution >= 4 is 5.78 Å². The molecule has 0 saturated carbocycles. The smallest absolute Gasteiger partial charge is 0.159 e. The highest BCUT2D eigenvalue weighted by Crippen LogP contribution is 2.22. The summed E-state index contributed by atoms with van der Waals surface area (Å²) in [5.74, 6) is 1.34. The van der Waals surface area contributed by atoms with E-state index < -0.39 is 0 Å². The Morgan fingerprint density at radius 3 is 1.94 bits per heavy atom. The van der Waals surface area contributed by atoms with E-state index >= 15 is 0 Å². The van der Waals surface area contributed by atoms with Gasteiger partial charge in [0, 0.05) is 5.56 Å². The average Bonchev–Trinajstić information content (AvgIpc) is 2.40. The summed E-state index contributed by atoms with van der Waals surface area (Å²) >= 11 is 0. The van der Waals surface area contributed by atoms with Crippen molar-refractivity contribution in [3.8, 4) is 17.6 Å². The number of hydrogen-bond acceptors (Lipinski definition) is 3. The average molecular weight is 237 g/mol. The van der Waals surface area contributed by atoms with E-state index in [1.165, 1.54) is 6.92 Å². The topological polar surface area (TPSA) is 50.1 Å². The molecule has 0 radical (unpaired) electrons. The number of carbonyl (C=O) groups excluding carboxylic acids is 1. The molecule has 0 saturated heterocycles. The number of hydrogen-bond donors (Lipinski definition) is 0. The molecule has 3 heteroatoms. The van der Waals surface area contributed by atoms with E-state index in [0.29, 0.717) is 22.6 Å². The highest BCUT2D eigenvalue weighted by Gasteiger charge is 2.01. The second kappa shape index (κ2) is 5.15.